The molecule has 0 fully saturated rings. The first-order valence-electron chi connectivity index (χ1n) is 10.1. The molecule has 4 nitrogen and oxygen atoms in total. The van der Waals surface area contributed by atoms with Gasteiger partial charge in [0.15, 0.2) is 0 Å². The van der Waals surface area contributed by atoms with Gasteiger partial charge in [0.05, 0.1) is 0 Å². The molecule has 0 aliphatic heterocycles. The molecule has 4 aromatic rings. The van der Waals surface area contributed by atoms with Gasteiger partial charge in [-0.15, -0.1) is 0 Å². The van der Waals surface area contributed by atoms with Crippen molar-refractivity contribution in [3.05, 3.63) is 107 Å². The molecule has 4 rings (SSSR count). The summed E-state index contributed by atoms with van der Waals surface area (Å²) in [5, 5.41) is 4.75. The average Bonchev–Trinajstić information content (AvgIpc) is 2.83. The quantitative estimate of drug-likeness (QED) is 0.420. The number of alkyl halides is 1. The van der Waals surface area contributed by atoms with Crippen LogP contribution in [0.3, 0.4) is 0 Å². The zero-order chi connectivity index (χ0) is 21.6. The highest BCUT2D eigenvalue weighted by Crippen LogP contribution is 2.30. The van der Waals surface area contributed by atoms with E-state index in [1.54, 1.807) is 30.3 Å². The highest BCUT2D eigenvalue weighted by atomic mass is 19.1. The summed E-state index contributed by atoms with van der Waals surface area (Å²) in [6.45, 7) is 0.400. The number of amides is 1. The van der Waals surface area contributed by atoms with Crippen LogP contribution in [0.15, 0.2) is 84.9 Å². The van der Waals surface area contributed by atoms with Crippen molar-refractivity contribution in [2.24, 2.45) is 5.73 Å². The number of carbonyl (C=O) groups is 1. The number of fused-ring (bicyclic) bond motifs is 1. The highest BCUT2D eigenvalue weighted by molar-refractivity contribution is 5.99. The molecular weight excluding hydrogens is 391 g/mol. The highest BCUT2D eigenvalue weighted by Gasteiger charge is 2.09. The predicted molar refractivity (Wildman–Crippen MR) is 121 cm³/mol. The SMILES string of the molecule is NCc1cccc(CNC(=O)c2ccc3c(Oc4ccc(CF)cc4)cccc3c2)c1. The van der Waals surface area contributed by atoms with Crippen LogP contribution in [-0.4, -0.2) is 5.91 Å². The van der Waals surface area contributed by atoms with Crippen LogP contribution < -0.4 is 15.8 Å². The van der Waals surface area contributed by atoms with Gasteiger partial charge in [-0.1, -0.05) is 48.5 Å². The lowest BCUT2D eigenvalue weighted by Gasteiger charge is -2.11. The van der Waals surface area contributed by atoms with E-state index >= 15 is 0 Å². The lowest BCUT2D eigenvalue weighted by molar-refractivity contribution is 0.0951. The Morgan fingerprint density at radius 1 is 0.871 bits per heavy atom. The molecule has 0 spiro atoms. The number of carbonyl (C=O) groups excluding carboxylic acids is 1. The van der Waals surface area contributed by atoms with Crippen LogP contribution in [0.1, 0.15) is 27.0 Å². The molecule has 0 atom stereocenters. The van der Waals surface area contributed by atoms with Crippen molar-refractivity contribution >= 4 is 16.7 Å². The van der Waals surface area contributed by atoms with Crippen LogP contribution in [0.5, 0.6) is 11.5 Å². The van der Waals surface area contributed by atoms with Gasteiger partial charge >= 0.3 is 0 Å². The maximum atomic E-state index is 12.7. The molecular formula is C26H23FN2O2. The Morgan fingerprint density at radius 3 is 2.42 bits per heavy atom. The number of hydrogen-bond acceptors (Lipinski definition) is 3. The summed E-state index contributed by atoms with van der Waals surface area (Å²) in [5.41, 5.74) is 8.90. The van der Waals surface area contributed by atoms with Crippen LogP contribution >= 0.6 is 0 Å². The number of nitrogens with two attached hydrogens (primary N) is 1. The fourth-order valence-corrected chi connectivity index (χ4v) is 3.41. The van der Waals surface area contributed by atoms with Gasteiger partial charge in [0.25, 0.3) is 5.91 Å². The minimum atomic E-state index is -0.502. The van der Waals surface area contributed by atoms with Crippen molar-refractivity contribution in [1.82, 2.24) is 5.32 Å². The van der Waals surface area contributed by atoms with E-state index in [1.165, 1.54) is 0 Å². The topological polar surface area (TPSA) is 64.3 Å². The van der Waals surface area contributed by atoms with E-state index in [0.717, 1.165) is 21.9 Å². The predicted octanol–water partition coefficient (Wildman–Crippen LogP) is 5.49. The standard InChI is InChI=1S/C26H23FN2O2/c27-15-18-7-10-23(11-8-18)31-25-6-2-5-21-14-22(9-12-24(21)25)26(30)29-17-20-4-1-3-19(13-20)16-28/h1-14H,15-17,28H2,(H,29,30). The van der Waals surface area contributed by atoms with Gasteiger partial charge in [0, 0.05) is 24.0 Å². The first-order valence-corrected chi connectivity index (χ1v) is 10.1. The Bertz CT molecular complexity index is 1210. The number of hydrogen-bond donors (Lipinski definition) is 2. The first-order chi connectivity index (χ1) is 15.2. The number of rotatable bonds is 7. The van der Waals surface area contributed by atoms with Gasteiger partial charge < -0.3 is 15.8 Å². The van der Waals surface area contributed by atoms with Gasteiger partial charge in [-0.25, -0.2) is 4.39 Å². The fourth-order valence-electron chi connectivity index (χ4n) is 3.41. The smallest absolute Gasteiger partial charge is 0.251 e. The fraction of sp³-hybridized carbons (Fsp3) is 0.115. The Labute approximate surface area is 180 Å². The summed E-state index contributed by atoms with van der Waals surface area (Å²) in [5.74, 6) is 1.16. The lowest BCUT2D eigenvalue weighted by Crippen LogP contribution is -2.22. The van der Waals surface area contributed by atoms with Crippen molar-refractivity contribution in [3.8, 4) is 11.5 Å². The molecule has 31 heavy (non-hydrogen) atoms. The third kappa shape index (κ3) is 4.90. The molecule has 0 bridgehead atoms. The van der Waals surface area contributed by atoms with Crippen molar-refractivity contribution in [2.75, 3.05) is 0 Å². The van der Waals surface area contributed by atoms with Gasteiger partial charge in [-0.3, -0.25) is 4.79 Å². The summed E-state index contributed by atoms with van der Waals surface area (Å²) in [6.07, 6.45) is 0. The third-order valence-corrected chi connectivity index (χ3v) is 5.09. The Hall–Kier alpha value is -3.70. The van der Waals surface area contributed by atoms with Crippen molar-refractivity contribution < 1.29 is 13.9 Å². The van der Waals surface area contributed by atoms with E-state index in [2.05, 4.69) is 5.32 Å². The zero-order valence-electron chi connectivity index (χ0n) is 17.0. The van der Waals surface area contributed by atoms with Crippen molar-refractivity contribution in [2.45, 2.75) is 19.8 Å². The third-order valence-electron chi connectivity index (χ3n) is 5.09. The molecule has 0 heterocycles. The van der Waals surface area contributed by atoms with E-state index in [1.807, 2.05) is 54.6 Å². The minimum Gasteiger partial charge on any atom is -0.457 e. The summed E-state index contributed by atoms with van der Waals surface area (Å²) >= 11 is 0. The van der Waals surface area contributed by atoms with E-state index in [4.69, 9.17) is 10.5 Å². The minimum absolute atomic E-state index is 0.145. The summed E-state index contributed by atoms with van der Waals surface area (Å²) in [7, 11) is 0. The second-order valence-electron chi connectivity index (χ2n) is 7.28. The molecule has 0 saturated carbocycles. The molecule has 0 aliphatic carbocycles. The second kappa shape index (κ2) is 9.41. The molecule has 0 unspecified atom stereocenters. The van der Waals surface area contributed by atoms with Crippen LogP contribution in [-0.2, 0) is 19.8 Å². The van der Waals surface area contributed by atoms with Crippen LogP contribution in [0, 0.1) is 0 Å². The number of halogens is 1. The molecule has 0 aromatic heterocycles. The second-order valence-corrected chi connectivity index (χ2v) is 7.28. The number of benzene rings is 4. The van der Waals surface area contributed by atoms with Gasteiger partial charge in [-0.2, -0.15) is 0 Å². The first kappa shape index (κ1) is 20.6. The Morgan fingerprint density at radius 2 is 1.65 bits per heavy atom. The van der Waals surface area contributed by atoms with E-state index < -0.39 is 6.67 Å². The molecule has 4 aromatic carbocycles. The molecule has 0 radical (unpaired) electrons. The summed E-state index contributed by atoms with van der Waals surface area (Å²) < 4.78 is 18.7. The normalized spacial score (nSPS) is 10.8. The number of ether oxygens (including phenoxy) is 1. The lowest BCUT2D eigenvalue weighted by atomic mass is 10.1. The average molecular weight is 414 g/mol. The van der Waals surface area contributed by atoms with E-state index in [9.17, 15) is 9.18 Å². The van der Waals surface area contributed by atoms with Crippen molar-refractivity contribution in [1.29, 1.82) is 0 Å². The maximum absolute atomic E-state index is 12.7. The van der Waals surface area contributed by atoms with Crippen LogP contribution in [0.2, 0.25) is 0 Å². The Kier molecular flexibility index (Phi) is 6.24. The molecule has 156 valence electrons. The molecule has 1 amide bonds. The van der Waals surface area contributed by atoms with Crippen LogP contribution in [0.4, 0.5) is 4.39 Å². The molecule has 3 N–H and O–H groups in total. The molecule has 0 aliphatic rings. The van der Waals surface area contributed by atoms with Gasteiger partial charge in [-0.05, 0) is 58.5 Å². The molecule has 0 saturated heterocycles. The maximum Gasteiger partial charge on any atom is 0.251 e. The Balaban J connectivity index is 1.50. The van der Waals surface area contributed by atoms with Crippen molar-refractivity contribution in [3.63, 3.8) is 0 Å². The zero-order valence-corrected chi connectivity index (χ0v) is 17.0. The largest absolute Gasteiger partial charge is 0.457 e. The van der Waals surface area contributed by atoms with E-state index in [-0.39, 0.29) is 5.91 Å². The van der Waals surface area contributed by atoms with Gasteiger partial charge in [0.2, 0.25) is 0 Å². The van der Waals surface area contributed by atoms with E-state index in [0.29, 0.717) is 35.7 Å². The monoisotopic (exact) mass is 414 g/mol. The summed E-state index contributed by atoms with van der Waals surface area (Å²) in [4.78, 5) is 12.7. The van der Waals surface area contributed by atoms with Gasteiger partial charge in [0.1, 0.15) is 18.2 Å². The van der Waals surface area contributed by atoms with Crippen LogP contribution in [0.25, 0.3) is 10.8 Å². The molecule has 5 heteroatoms. The summed E-state index contributed by atoms with van der Waals surface area (Å²) in [6, 6.07) is 25.9. The number of nitrogens with one attached hydrogen (secondary N) is 1.